The minimum Gasteiger partial charge on any atom is -0.382 e. The summed E-state index contributed by atoms with van der Waals surface area (Å²) in [7, 11) is 0. The van der Waals surface area contributed by atoms with Gasteiger partial charge in [0.05, 0.1) is 10.7 Å². The molecule has 0 atom stereocenters. The van der Waals surface area contributed by atoms with Crippen molar-refractivity contribution in [1.29, 1.82) is 0 Å². The minimum absolute atomic E-state index is 0.0687. The Bertz CT molecular complexity index is 404. The van der Waals surface area contributed by atoms with Crippen LogP contribution >= 0.6 is 23.8 Å². The maximum atomic E-state index is 13.5. The standard InChI is InChI=1S/C12H16ClFN2OS/c1-2-17-8-4-7-15-12(18)16-10-6-3-5-9(13)11(10)14/h3,5-6H,2,4,7-8H2,1H3,(H2,15,16,18). The van der Waals surface area contributed by atoms with E-state index in [1.165, 1.54) is 6.07 Å². The van der Waals surface area contributed by atoms with Crippen LogP contribution in [0.4, 0.5) is 10.1 Å². The fourth-order valence-corrected chi connectivity index (χ4v) is 1.67. The molecule has 1 aromatic carbocycles. The van der Waals surface area contributed by atoms with Crippen molar-refractivity contribution in [2.45, 2.75) is 13.3 Å². The van der Waals surface area contributed by atoms with Gasteiger partial charge in [-0.2, -0.15) is 0 Å². The van der Waals surface area contributed by atoms with Crippen LogP contribution in [0.25, 0.3) is 0 Å². The molecule has 0 saturated carbocycles. The van der Waals surface area contributed by atoms with Gasteiger partial charge in [0, 0.05) is 19.8 Å². The Hall–Kier alpha value is -0.910. The van der Waals surface area contributed by atoms with Crippen LogP contribution in [-0.2, 0) is 4.74 Å². The molecule has 0 aliphatic carbocycles. The summed E-state index contributed by atoms with van der Waals surface area (Å²) in [6.45, 7) is 4.00. The molecule has 1 aromatic rings. The molecule has 1 rings (SSSR count). The van der Waals surface area contributed by atoms with Crippen LogP contribution in [0.15, 0.2) is 18.2 Å². The van der Waals surface area contributed by atoms with Crippen LogP contribution in [0.1, 0.15) is 13.3 Å². The topological polar surface area (TPSA) is 33.3 Å². The molecular formula is C12H16ClFN2OS. The van der Waals surface area contributed by atoms with Crippen LogP contribution in [0.3, 0.4) is 0 Å². The van der Waals surface area contributed by atoms with Gasteiger partial charge >= 0.3 is 0 Å². The lowest BCUT2D eigenvalue weighted by atomic mass is 10.3. The molecule has 0 bridgehead atoms. The number of hydrogen-bond acceptors (Lipinski definition) is 2. The maximum Gasteiger partial charge on any atom is 0.170 e. The summed E-state index contributed by atoms with van der Waals surface area (Å²) >= 11 is 10.7. The largest absolute Gasteiger partial charge is 0.382 e. The third kappa shape index (κ3) is 5.16. The predicted octanol–water partition coefficient (Wildman–Crippen LogP) is 3.19. The van der Waals surface area contributed by atoms with Gasteiger partial charge in [-0.15, -0.1) is 0 Å². The zero-order chi connectivity index (χ0) is 13.4. The van der Waals surface area contributed by atoms with Crippen LogP contribution in [0, 0.1) is 5.82 Å². The molecule has 0 aromatic heterocycles. The monoisotopic (exact) mass is 290 g/mol. The third-order valence-corrected chi connectivity index (χ3v) is 2.69. The van der Waals surface area contributed by atoms with Crippen molar-refractivity contribution in [1.82, 2.24) is 5.32 Å². The van der Waals surface area contributed by atoms with Gasteiger partial charge in [0.25, 0.3) is 0 Å². The fraction of sp³-hybridized carbons (Fsp3) is 0.417. The number of ether oxygens (including phenoxy) is 1. The van der Waals surface area contributed by atoms with Gasteiger partial charge in [-0.05, 0) is 37.7 Å². The van der Waals surface area contributed by atoms with Crippen LogP contribution in [0.5, 0.6) is 0 Å². The lowest BCUT2D eigenvalue weighted by molar-refractivity contribution is 0.146. The Morgan fingerprint density at radius 3 is 3.00 bits per heavy atom. The molecule has 6 heteroatoms. The van der Waals surface area contributed by atoms with Crippen molar-refractivity contribution in [2.24, 2.45) is 0 Å². The maximum absolute atomic E-state index is 13.5. The van der Waals surface area contributed by atoms with Crippen molar-refractivity contribution in [2.75, 3.05) is 25.1 Å². The number of halogens is 2. The van der Waals surface area contributed by atoms with E-state index in [0.717, 1.165) is 6.42 Å². The minimum atomic E-state index is -0.502. The molecule has 0 radical (unpaired) electrons. The van der Waals surface area contributed by atoms with E-state index in [-0.39, 0.29) is 10.7 Å². The Morgan fingerprint density at radius 2 is 2.28 bits per heavy atom. The van der Waals surface area contributed by atoms with E-state index >= 15 is 0 Å². The Labute approximate surface area is 117 Å². The molecule has 100 valence electrons. The number of benzene rings is 1. The smallest absolute Gasteiger partial charge is 0.170 e. The van der Waals surface area contributed by atoms with Crippen molar-refractivity contribution < 1.29 is 9.13 Å². The molecule has 0 aliphatic heterocycles. The zero-order valence-electron chi connectivity index (χ0n) is 10.1. The van der Waals surface area contributed by atoms with E-state index in [0.29, 0.717) is 24.9 Å². The molecule has 2 N–H and O–H groups in total. The van der Waals surface area contributed by atoms with Crippen molar-refractivity contribution in [3.05, 3.63) is 29.0 Å². The molecule has 0 fully saturated rings. The Kier molecular flexibility index (Phi) is 6.93. The average molecular weight is 291 g/mol. The van der Waals surface area contributed by atoms with Gasteiger partial charge in [-0.3, -0.25) is 0 Å². The highest BCUT2D eigenvalue weighted by Gasteiger charge is 2.06. The van der Waals surface area contributed by atoms with E-state index in [1.807, 2.05) is 6.92 Å². The highest BCUT2D eigenvalue weighted by molar-refractivity contribution is 7.80. The first-order valence-corrected chi connectivity index (χ1v) is 6.50. The average Bonchev–Trinajstić information content (AvgIpc) is 2.35. The van der Waals surface area contributed by atoms with E-state index < -0.39 is 5.82 Å². The molecule has 0 unspecified atom stereocenters. The summed E-state index contributed by atoms with van der Waals surface area (Å²) in [5.74, 6) is -0.502. The molecule has 0 saturated heterocycles. The first kappa shape index (κ1) is 15.1. The molecule has 0 aliphatic rings. The summed E-state index contributed by atoms with van der Waals surface area (Å²) in [5, 5.41) is 6.17. The first-order valence-electron chi connectivity index (χ1n) is 5.71. The van der Waals surface area contributed by atoms with E-state index in [1.54, 1.807) is 12.1 Å². The second-order valence-corrected chi connectivity index (χ2v) is 4.35. The van der Waals surface area contributed by atoms with Gasteiger partial charge in [0.2, 0.25) is 0 Å². The van der Waals surface area contributed by atoms with Gasteiger partial charge in [0.1, 0.15) is 0 Å². The highest BCUT2D eigenvalue weighted by Crippen LogP contribution is 2.21. The van der Waals surface area contributed by atoms with Gasteiger partial charge < -0.3 is 15.4 Å². The van der Waals surface area contributed by atoms with Crippen LogP contribution in [0.2, 0.25) is 5.02 Å². The molecule has 3 nitrogen and oxygen atoms in total. The summed E-state index contributed by atoms with van der Waals surface area (Å²) in [4.78, 5) is 0. The van der Waals surface area contributed by atoms with Crippen molar-refractivity contribution in [3.8, 4) is 0 Å². The third-order valence-electron chi connectivity index (χ3n) is 2.15. The number of rotatable bonds is 6. The van der Waals surface area contributed by atoms with Gasteiger partial charge in [0.15, 0.2) is 10.9 Å². The lowest BCUT2D eigenvalue weighted by Crippen LogP contribution is -2.30. The van der Waals surface area contributed by atoms with Crippen molar-refractivity contribution in [3.63, 3.8) is 0 Å². The highest BCUT2D eigenvalue weighted by atomic mass is 35.5. The molecular weight excluding hydrogens is 275 g/mol. The Morgan fingerprint density at radius 1 is 1.50 bits per heavy atom. The van der Waals surface area contributed by atoms with E-state index in [2.05, 4.69) is 10.6 Å². The van der Waals surface area contributed by atoms with E-state index in [4.69, 9.17) is 28.6 Å². The van der Waals surface area contributed by atoms with Crippen LogP contribution < -0.4 is 10.6 Å². The van der Waals surface area contributed by atoms with Gasteiger partial charge in [-0.1, -0.05) is 17.7 Å². The molecule has 0 heterocycles. The summed E-state index contributed by atoms with van der Waals surface area (Å²) in [5.41, 5.74) is 0.268. The number of nitrogens with one attached hydrogen (secondary N) is 2. The summed E-state index contributed by atoms with van der Waals surface area (Å²) in [6.07, 6.45) is 0.841. The Balaban J connectivity index is 2.34. The fourth-order valence-electron chi connectivity index (χ4n) is 1.29. The van der Waals surface area contributed by atoms with Gasteiger partial charge in [-0.25, -0.2) is 4.39 Å². The predicted molar refractivity (Wildman–Crippen MR) is 76.7 cm³/mol. The first-order chi connectivity index (χ1) is 8.65. The zero-order valence-corrected chi connectivity index (χ0v) is 11.7. The number of anilines is 1. The number of hydrogen-bond donors (Lipinski definition) is 2. The van der Waals surface area contributed by atoms with Crippen molar-refractivity contribution >= 4 is 34.6 Å². The molecule has 0 amide bonds. The molecule has 18 heavy (non-hydrogen) atoms. The summed E-state index contributed by atoms with van der Waals surface area (Å²) in [6, 6.07) is 4.72. The lowest BCUT2D eigenvalue weighted by Gasteiger charge is -2.11. The van der Waals surface area contributed by atoms with E-state index in [9.17, 15) is 4.39 Å². The SMILES string of the molecule is CCOCCCNC(=S)Nc1cccc(Cl)c1F. The molecule has 0 spiro atoms. The second kappa shape index (κ2) is 8.24. The quantitative estimate of drug-likeness (QED) is 0.623. The number of thiocarbonyl (C=S) groups is 1. The normalized spacial score (nSPS) is 10.2. The van der Waals surface area contributed by atoms with Crippen LogP contribution in [-0.4, -0.2) is 24.9 Å². The summed E-state index contributed by atoms with van der Waals surface area (Å²) < 4.78 is 18.7. The second-order valence-electron chi connectivity index (χ2n) is 3.53.